The minimum absolute atomic E-state index is 0.317. The van der Waals surface area contributed by atoms with Crippen LogP contribution in [0.5, 0.6) is 0 Å². The first-order chi connectivity index (χ1) is 62.6. The Kier molecular flexibility index (Phi) is 28.8. The highest BCUT2D eigenvalue weighted by Crippen LogP contribution is 2.36. The number of aryl methyl sites for hydroxylation is 3. The zero-order chi connectivity index (χ0) is 88.2. The summed E-state index contributed by atoms with van der Waals surface area (Å²) in [4.78, 5) is 28.2. The number of nitrogens with one attached hydrogen (secondary N) is 5. The van der Waals surface area contributed by atoms with E-state index in [0.29, 0.717) is 73.2 Å². The van der Waals surface area contributed by atoms with Crippen molar-refractivity contribution in [2.45, 2.75) is 148 Å². The summed E-state index contributed by atoms with van der Waals surface area (Å²) in [5.74, 6) is 5.41. The lowest BCUT2D eigenvalue weighted by atomic mass is 9.87. The van der Waals surface area contributed by atoms with Crippen LogP contribution in [0.3, 0.4) is 0 Å². The molecule has 15 aromatic heterocycles. The second-order valence-corrected chi connectivity index (χ2v) is 33.1. The number of anilines is 5. The van der Waals surface area contributed by atoms with Gasteiger partial charge >= 0.3 is 0 Å². The van der Waals surface area contributed by atoms with Gasteiger partial charge < -0.3 is 36.1 Å². The van der Waals surface area contributed by atoms with Gasteiger partial charge in [0.05, 0.1) is 51.3 Å². The summed E-state index contributed by atoms with van der Waals surface area (Å²) in [5, 5.41) is 77.6. The smallest absolute Gasteiger partial charge is 0.227 e. The van der Waals surface area contributed by atoms with Crippen LogP contribution < -0.4 is 45.5 Å². The predicted octanol–water partition coefficient (Wildman–Crippen LogP) is 15.7. The van der Waals surface area contributed by atoms with Crippen molar-refractivity contribution in [1.29, 1.82) is 0 Å². The molecule has 2 aliphatic heterocycles. The Balaban J connectivity index is 0.000000118. The third-order valence-electron chi connectivity index (χ3n) is 22.7. The molecule has 31 nitrogen and oxygen atoms in total. The molecule has 3 aliphatic rings. The van der Waals surface area contributed by atoms with Gasteiger partial charge in [-0.1, -0.05) is 88.6 Å². The van der Waals surface area contributed by atoms with Crippen molar-refractivity contribution in [3.63, 3.8) is 0 Å². The Morgan fingerprint density at radius 1 is 0.375 bits per heavy atom. The summed E-state index contributed by atoms with van der Waals surface area (Å²) in [7, 11) is 0. The molecular weight excluding hydrogens is 1750 g/mol. The molecule has 0 bridgehead atoms. The number of benzene rings is 2. The fraction of sp³-hybridized carbons (Fsp3) is 0.287. The minimum atomic E-state index is -0.317. The maximum absolute atomic E-state index is 14.3. The van der Waals surface area contributed by atoms with Crippen molar-refractivity contribution in [3.05, 3.63) is 315 Å². The molecule has 17 aromatic rings. The number of rotatable bonds is 23. The van der Waals surface area contributed by atoms with Gasteiger partial charge in [-0.3, -0.25) is 25.8 Å². The molecule has 2 saturated heterocycles. The molecule has 9 N–H and O–H groups in total. The van der Waals surface area contributed by atoms with E-state index in [4.69, 9.17) is 29.4 Å². The van der Waals surface area contributed by atoms with E-state index in [1.807, 2.05) is 99.7 Å². The lowest BCUT2D eigenvalue weighted by molar-refractivity contribution is -0.905. The van der Waals surface area contributed by atoms with Gasteiger partial charge in [-0.25, -0.2) is 29.3 Å². The Morgan fingerprint density at radius 2 is 0.727 bits per heavy atom. The average molecular weight is 1860 g/mol. The molecule has 17 heterocycles. The number of halogens is 3. The Morgan fingerprint density at radius 3 is 1.13 bits per heavy atom. The van der Waals surface area contributed by atoms with Gasteiger partial charge in [0.25, 0.3) is 0 Å². The predicted molar refractivity (Wildman–Crippen MR) is 487 cm³/mol. The fourth-order valence-electron chi connectivity index (χ4n) is 15.8. The van der Waals surface area contributed by atoms with E-state index in [2.05, 4.69) is 144 Å². The molecule has 0 atom stereocenters. The first-order valence-electron chi connectivity index (χ1n) is 43.2. The number of hydrogen-bond acceptors (Lipinski definition) is 22. The summed E-state index contributed by atoms with van der Waals surface area (Å²) in [6, 6.07) is 45.8. The van der Waals surface area contributed by atoms with Crippen molar-refractivity contribution in [1.82, 2.24) is 78.0 Å². The summed E-state index contributed by atoms with van der Waals surface area (Å²) < 4.78 is 40.3. The summed E-state index contributed by atoms with van der Waals surface area (Å²) in [5.41, 5.74) is 18.7. The number of fused-ring (bicyclic) bond motifs is 5. The summed E-state index contributed by atoms with van der Waals surface area (Å²) >= 11 is 7.08. The SMILES string of the molecule is Brc1cnn2c(NCc3cccnc3)cc(C3CCOCC3)nc12.CCc1cnn2c(NCc3ccc[n+](O)c3)cc(-c3ccccc3)nc12.CCc1cnn2c(NCc3ccc[n+](O)c3)cc(-c3ccccc3F)nc12.CCc1cnn2c(NCc3ccc[n+](O)c3)cc(C3CCCCC3)nc12.O[n+]1cccc(CNc2cc(C3CCOCC3)nc3c(Br)cnn23)c1. The molecule has 0 radical (unpaired) electrons. The van der Waals surface area contributed by atoms with Gasteiger partial charge in [0.2, 0.25) is 49.6 Å². The van der Waals surface area contributed by atoms with Crippen molar-refractivity contribution in [2.24, 2.45) is 0 Å². The largest absolute Gasteiger partial charge is 0.381 e. The maximum atomic E-state index is 14.3. The third-order valence-corrected chi connectivity index (χ3v) is 23.8. The Bertz CT molecular complexity index is 6600. The average Bonchev–Trinajstić information content (AvgIpc) is 1.58. The van der Waals surface area contributed by atoms with E-state index >= 15 is 0 Å². The number of ether oxygens (including phenoxy) is 2. The fourth-order valence-corrected chi connectivity index (χ4v) is 16.5. The highest BCUT2D eigenvalue weighted by Gasteiger charge is 2.26. The maximum Gasteiger partial charge on any atom is 0.227 e. The van der Waals surface area contributed by atoms with Crippen LogP contribution >= 0.6 is 31.9 Å². The van der Waals surface area contributed by atoms with Crippen LogP contribution in [-0.2, 0) is 61.5 Å². The molecule has 0 spiro atoms. The molecule has 20 rings (SSSR count). The molecule has 1 saturated carbocycles. The van der Waals surface area contributed by atoms with Crippen molar-refractivity contribution >= 4 is 89.2 Å². The van der Waals surface area contributed by atoms with E-state index in [-0.39, 0.29) is 5.82 Å². The molecule has 34 heteroatoms. The van der Waals surface area contributed by atoms with Crippen LogP contribution in [0.2, 0.25) is 0 Å². The molecule has 1 aliphatic carbocycles. The van der Waals surface area contributed by atoms with E-state index < -0.39 is 0 Å². The van der Waals surface area contributed by atoms with Crippen LogP contribution in [0.4, 0.5) is 33.5 Å². The van der Waals surface area contributed by atoms with E-state index in [9.17, 15) is 25.2 Å². The molecule has 0 amide bonds. The first kappa shape index (κ1) is 87.8. The van der Waals surface area contributed by atoms with Crippen LogP contribution in [0.15, 0.2) is 247 Å². The van der Waals surface area contributed by atoms with Gasteiger partial charge in [0.1, 0.15) is 34.9 Å². The van der Waals surface area contributed by atoms with Gasteiger partial charge in [0, 0.05) is 230 Å². The van der Waals surface area contributed by atoms with Crippen LogP contribution in [-0.4, -0.2) is 125 Å². The van der Waals surface area contributed by atoms with Gasteiger partial charge in [-0.15, -0.1) is 0 Å². The number of hydrogen-bond donors (Lipinski definition) is 9. The molecule has 656 valence electrons. The van der Waals surface area contributed by atoms with Crippen LogP contribution in [0.25, 0.3) is 50.8 Å². The van der Waals surface area contributed by atoms with E-state index in [1.54, 1.807) is 126 Å². The Labute approximate surface area is 754 Å². The molecular formula is C94H102Br2FN25O6+4. The Hall–Kier alpha value is -13.7. The summed E-state index contributed by atoms with van der Waals surface area (Å²) in [6.07, 6.45) is 38.7. The minimum Gasteiger partial charge on any atom is -0.381 e. The van der Waals surface area contributed by atoms with Crippen molar-refractivity contribution in [3.8, 4) is 22.5 Å². The van der Waals surface area contributed by atoms with Crippen LogP contribution in [0, 0.1) is 5.82 Å². The monoisotopic (exact) mass is 1850 g/mol. The second-order valence-electron chi connectivity index (χ2n) is 31.4. The normalized spacial score (nSPS) is 13.7. The number of aromatic nitrogens is 20. The molecule has 3 fully saturated rings. The topological polar surface area (TPSA) is 339 Å². The lowest BCUT2D eigenvalue weighted by Crippen LogP contribution is -2.29. The van der Waals surface area contributed by atoms with Crippen molar-refractivity contribution in [2.75, 3.05) is 53.0 Å². The van der Waals surface area contributed by atoms with Gasteiger partial charge in [0.15, 0.2) is 28.2 Å². The summed E-state index contributed by atoms with van der Waals surface area (Å²) in [6.45, 7) is 12.4. The quantitative estimate of drug-likeness (QED) is 0.0212. The lowest BCUT2D eigenvalue weighted by Gasteiger charge is -2.22. The van der Waals surface area contributed by atoms with Gasteiger partial charge in [-0.2, -0.15) is 48.1 Å². The molecule has 0 unspecified atom stereocenters. The zero-order valence-corrected chi connectivity index (χ0v) is 74.5. The zero-order valence-electron chi connectivity index (χ0n) is 71.3. The second kappa shape index (κ2) is 42.1. The van der Waals surface area contributed by atoms with Crippen molar-refractivity contribution < 1.29 is 53.6 Å². The van der Waals surface area contributed by atoms with E-state index in [0.717, 1.165) is 207 Å². The molecule has 2 aromatic carbocycles. The molecule has 128 heavy (non-hydrogen) atoms. The number of nitrogens with zero attached hydrogens (tertiary/aromatic N) is 20. The van der Waals surface area contributed by atoms with Gasteiger partial charge in [-0.05, 0) is 138 Å². The third kappa shape index (κ3) is 21.7. The van der Waals surface area contributed by atoms with Crippen LogP contribution in [0.1, 0.15) is 158 Å². The standard InChI is InChI=1S/C20H19FN5O.C20H26N5O.C20H20N5O.C17H19BrN5O2.C17H18BrN5O/c1-2-15-12-23-26-19(22-11-14-6-5-9-25(27)13-14)10-18(24-20(15)26)16-7-3-4-8-17(16)21;2*1-2-16-13-22-25-19(21-12-15-7-6-10-24(26)14-15)11-18(23-20(16)25)17-8-4-3-5-9-17;18-14-10-20-23-16(19-9-12-2-1-5-22(24)11-12)8-15(21-17(14)23)13-3-6-25-7-4-13;18-14-11-21-23-16(20-10-12-2-1-5-19-9-12)8-15(22-17(14)23)13-3-6-24-7-4-13/h3-10,12-13,22,27H,2,11H2,1H3;6-7,10-11,13-14,17,21,26H,2-5,8-9,12H2,1H3;3-11,13-14,21,26H,2,12H2,1H3;1-2,5,8,10-11,13,19,24H,3-4,6-7,9H2;1-2,5,8-9,11,13,20H,3-4,6-7,10H2/q4*+1;. The van der Waals surface area contributed by atoms with E-state index in [1.165, 1.54) is 49.4 Å². The first-order valence-corrected chi connectivity index (χ1v) is 44.8. The number of pyridine rings is 5. The highest BCUT2D eigenvalue weighted by atomic mass is 79.9. The highest BCUT2D eigenvalue weighted by molar-refractivity contribution is 9.11.